The zero-order chi connectivity index (χ0) is 15.2. The molecule has 0 saturated carbocycles. The zero-order valence-corrected chi connectivity index (χ0v) is 12.8. The summed E-state index contributed by atoms with van der Waals surface area (Å²) in [6.07, 6.45) is 0. The van der Waals surface area contributed by atoms with Crippen molar-refractivity contribution >= 4 is 11.6 Å². The summed E-state index contributed by atoms with van der Waals surface area (Å²) in [7, 11) is 3.43. The van der Waals surface area contributed by atoms with Crippen LogP contribution in [0.4, 0.5) is 0 Å². The number of hydrogen-bond acceptors (Lipinski definition) is 4. The lowest BCUT2D eigenvalue weighted by Gasteiger charge is -2.16. The molecule has 0 aliphatic rings. The third-order valence-electron chi connectivity index (χ3n) is 2.98. The minimum atomic E-state index is 0.217. The normalized spacial score (nSPS) is 10.4. The summed E-state index contributed by atoms with van der Waals surface area (Å²) in [4.78, 5) is 0. The van der Waals surface area contributed by atoms with Crippen LogP contribution in [0.1, 0.15) is 11.1 Å². The van der Waals surface area contributed by atoms with Crippen LogP contribution in [0, 0.1) is 0 Å². The van der Waals surface area contributed by atoms with Gasteiger partial charge in [0.05, 0.1) is 7.11 Å². The number of aromatic hydroxyl groups is 1. The van der Waals surface area contributed by atoms with E-state index in [1.165, 1.54) is 0 Å². The molecule has 5 heteroatoms. The van der Waals surface area contributed by atoms with Crippen LogP contribution in [-0.2, 0) is 13.2 Å². The van der Waals surface area contributed by atoms with E-state index in [2.05, 4.69) is 5.32 Å². The molecule has 2 aromatic carbocycles. The maximum Gasteiger partial charge on any atom is 0.166 e. The van der Waals surface area contributed by atoms with E-state index in [1.54, 1.807) is 31.4 Å². The Morgan fingerprint density at radius 1 is 1.24 bits per heavy atom. The average Bonchev–Trinajstić information content (AvgIpc) is 2.46. The minimum absolute atomic E-state index is 0.217. The predicted octanol–water partition coefficient (Wildman–Crippen LogP) is 3.35. The van der Waals surface area contributed by atoms with Crippen molar-refractivity contribution in [1.29, 1.82) is 0 Å². The molecule has 0 unspecified atom stereocenters. The van der Waals surface area contributed by atoms with E-state index in [0.29, 0.717) is 29.7 Å². The second-order valence-corrected chi connectivity index (χ2v) is 5.02. The maximum atomic E-state index is 9.48. The van der Waals surface area contributed by atoms with Gasteiger partial charge in [-0.05, 0) is 30.8 Å². The lowest BCUT2D eigenvalue weighted by atomic mass is 10.1. The first-order valence-electron chi connectivity index (χ1n) is 6.55. The number of hydrogen-bond donors (Lipinski definition) is 2. The molecule has 0 amide bonds. The summed E-state index contributed by atoms with van der Waals surface area (Å²) in [5.41, 5.74) is 1.80. The van der Waals surface area contributed by atoms with Gasteiger partial charge in [-0.25, -0.2) is 0 Å². The van der Waals surface area contributed by atoms with Gasteiger partial charge in [-0.2, -0.15) is 0 Å². The number of halogens is 1. The average molecular weight is 308 g/mol. The Morgan fingerprint density at radius 3 is 2.71 bits per heavy atom. The molecule has 2 N–H and O–H groups in total. The van der Waals surface area contributed by atoms with Crippen molar-refractivity contribution in [2.45, 2.75) is 13.2 Å². The molecule has 2 rings (SSSR count). The number of phenolic OH excluding ortho intramolecular Hbond substituents is 1. The minimum Gasteiger partial charge on any atom is -0.508 e. The third kappa shape index (κ3) is 4.03. The largest absolute Gasteiger partial charge is 0.508 e. The molecular weight excluding hydrogens is 290 g/mol. The van der Waals surface area contributed by atoms with E-state index < -0.39 is 0 Å². The van der Waals surface area contributed by atoms with Crippen LogP contribution in [0.15, 0.2) is 36.4 Å². The molecule has 2 aromatic rings. The molecular formula is C16H18ClNO3. The molecule has 21 heavy (non-hydrogen) atoms. The Bertz CT molecular complexity index is 616. The molecule has 0 fully saturated rings. The Balaban J connectivity index is 2.25. The molecule has 0 atom stereocenters. The van der Waals surface area contributed by atoms with Crippen LogP contribution in [0.2, 0.25) is 5.02 Å². The van der Waals surface area contributed by atoms with Gasteiger partial charge in [-0.15, -0.1) is 0 Å². The quantitative estimate of drug-likeness (QED) is 0.859. The van der Waals surface area contributed by atoms with Crippen molar-refractivity contribution < 1.29 is 14.6 Å². The molecule has 0 aliphatic heterocycles. The summed E-state index contributed by atoms with van der Waals surface area (Å²) >= 11 is 6.08. The van der Waals surface area contributed by atoms with Gasteiger partial charge in [0.15, 0.2) is 11.5 Å². The van der Waals surface area contributed by atoms with E-state index in [9.17, 15) is 5.11 Å². The highest BCUT2D eigenvalue weighted by molar-refractivity contribution is 6.30. The molecule has 0 saturated heterocycles. The second-order valence-electron chi connectivity index (χ2n) is 4.59. The summed E-state index contributed by atoms with van der Waals surface area (Å²) in [5.74, 6) is 1.46. The van der Waals surface area contributed by atoms with E-state index in [4.69, 9.17) is 21.1 Å². The number of phenols is 1. The number of rotatable bonds is 6. The second kappa shape index (κ2) is 7.20. The van der Waals surface area contributed by atoms with Crippen molar-refractivity contribution in [2.24, 2.45) is 0 Å². The van der Waals surface area contributed by atoms with Gasteiger partial charge in [0.25, 0.3) is 0 Å². The maximum absolute atomic E-state index is 9.48. The number of nitrogens with one attached hydrogen (secondary N) is 1. The van der Waals surface area contributed by atoms with Crippen molar-refractivity contribution in [3.8, 4) is 17.2 Å². The van der Waals surface area contributed by atoms with E-state index >= 15 is 0 Å². The Kier molecular flexibility index (Phi) is 5.31. The van der Waals surface area contributed by atoms with Crippen LogP contribution in [-0.4, -0.2) is 19.3 Å². The van der Waals surface area contributed by atoms with Crippen LogP contribution >= 0.6 is 11.6 Å². The lowest BCUT2D eigenvalue weighted by Crippen LogP contribution is -2.08. The lowest BCUT2D eigenvalue weighted by molar-refractivity contribution is 0.280. The van der Waals surface area contributed by atoms with Crippen molar-refractivity contribution in [3.05, 3.63) is 52.5 Å². The first kappa shape index (κ1) is 15.5. The SMILES string of the molecule is CNCc1cc(Cl)cc(OC)c1OCc1cccc(O)c1. The van der Waals surface area contributed by atoms with Crippen molar-refractivity contribution in [2.75, 3.05) is 14.2 Å². The fourth-order valence-electron chi connectivity index (χ4n) is 2.06. The summed E-state index contributed by atoms with van der Waals surface area (Å²) in [6.45, 7) is 0.954. The van der Waals surface area contributed by atoms with Gasteiger partial charge >= 0.3 is 0 Å². The van der Waals surface area contributed by atoms with Crippen LogP contribution in [0.3, 0.4) is 0 Å². The Morgan fingerprint density at radius 2 is 2.05 bits per heavy atom. The molecule has 0 heterocycles. The Hall–Kier alpha value is -1.91. The van der Waals surface area contributed by atoms with Crippen LogP contribution < -0.4 is 14.8 Å². The molecule has 0 bridgehead atoms. The van der Waals surface area contributed by atoms with E-state index in [0.717, 1.165) is 11.1 Å². The highest BCUT2D eigenvalue weighted by atomic mass is 35.5. The molecule has 0 aliphatic carbocycles. The van der Waals surface area contributed by atoms with Gasteiger partial charge in [0.1, 0.15) is 12.4 Å². The topological polar surface area (TPSA) is 50.7 Å². The smallest absolute Gasteiger partial charge is 0.166 e. The fourth-order valence-corrected chi connectivity index (χ4v) is 2.29. The molecule has 0 spiro atoms. The van der Waals surface area contributed by atoms with Crippen molar-refractivity contribution in [3.63, 3.8) is 0 Å². The van der Waals surface area contributed by atoms with Crippen LogP contribution in [0.25, 0.3) is 0 Å². The monoisotopic (exact) mass is 307 g/mol. The standard InChI is InChI=1S/C16H18ClNO3/c1-18-9-12-7-13(17)8-15(20-2)16(12)21-10-11-4-3-5-14(19)6-11/h3-8,18-19H,9-10H2,1-2H3. The summed E-state index contributed by atoms with van der Waals surface area (Å²) < 4.78 is 11.2. The molecule has 0 radical (unpaired) electrons. The third-order valence-corrected chi connectivity index (χ3v) is 3.20. The number of ether oxygens (including phenoxy) is 2. The Labute approximate surface area is 129 Å². The molecule has 112 valence electrons. The summed E-state index contributed by atoms with van der Waals surface area (Å²) in [6, 6.07) is 10.5. The van der Waals surface area contributed by atoms with Gasteiger partial charge in [0, 0.05) is 23.2 Å². The molecule has 0 aromatic heterocycles. The van der Waals surface area contributed by atoms with Gasteiger partial charge < -0.3 is 19.9 Å². The van der Waals surface area contributed by atoms with E-state index in [-0.39, 0.29) is 5.75 Å². The van der Waals surface area contributed by atoms with Gasteiger partial charge in [-0.3, -0.25) is 0 Å². The highest BCUT2D eigenvalue weighted by Crippen LogP contribution is 2.35. The van der Waals surface area contributed by atoms with E-state index in [1.807, 2.05) is 19.2 Å². The first-order chi connectivity index (χ1) is 10.1. The number of benzene rings is 2. The first-order valence-corrected chi connectivity index (χ1v) is 6.93. The zero-order valence-electron chi connectivity index (χ0n) is 12.0. The highest BCUT2D eigenvalue weighted by Gasteiger charge is 2.12. The molecule has 4 nitrogen and oxygen atoms in total. The van der Waals surface area contributed by atoms with Crippen LogP contribution in [0.5, 0.6) is 17.2 Å². The number of methoxy groups -OCH3 is 1. The van der Waals surface area contributed by atoms with Gasteiger partial charge in [0.2, 0.25) is 0 Å². The van der Waals surface area contributed by atoms with Crippen molar-refractivity contribution in [1.82, 2.24) is 5.32 Å². The fraction of sp³-hybridized carbons (Fsp3) is 0.250. The van der Waals surface area contributed by atoms with Gasteiger partial charge in [-0.1, -0.05) is 23.7 Å². The predicted molar refractivity (Wildman–Crippen MR) is 83.2 cm³/mol. The summed E-state index contributed by atoms with van der Waals surface area (Å²) in [5, 5.41) is 13.2.